The van der Waals surface area contributed by atoms with E-state index in [-0.39, 0.29) is 17.7 Å². The predicted molar refractivity (Wildman–Crippen MR) is 108 cm³/mol. The quantitative estimate of drug-likeness (QED) is 0.600. The minimum atomic E-state index is -0.318. The number of nitrogens with zero attached hydrogens (tertiary/aromatic N) is 4. The van der Waals surface area contributed by atoms with E-state index in [9.17, 15) is 4.79 Å². The van der Waals surface area contributed by atoms with Crippen LogP contribution in [-0.4, -0.2) is 31.9 Å². The molecule has 0 atom stereocenters. The van der Waals surface area contributed by atoms with Gasteiger partial charge < -0.3 is 4.74 Å². The summed E-state index contributed by atoms with van der Waals surface area (Å²) in [7, 11) is 0. The van der Waals surface area contributed by atoms with Crippen LogP contribution in [0, 0.1) is 6.92 Å². The zero-order valence-electron chi connectivity index (χ0n) is 15.3. The largest absolute Gasteiger partial charge is 0.490 e. The van der Waals surface area contributed by atoms with E-state index in [1.807, 2.05) is 13.0 Å². The first-order chi connectivity index (χ1) is 13.7. The molecule has 0 bridgehead atoms. The Labute approximate surface area is 171 Å². The van der Waals surface area contributed by atoms with Crippen molar-refractivity contribution in [2.75, 3.05) is 5.32 Å². The number of carbonyl (C=O) groups is 1. The molecule has 1 fully saturated rings. The lowest BCUT2D eigenvalue weighted by molar-refractivity contribution is 0.102. The maximum absolute atomic E-state index is 12.7. The Morgan fingerprint density at radius 3 is 2.71 bits per heavy atom. The van der Waals surface area contributed by atoms with Crippen LogP contribution in [0.15, 0.2) is 47.0 Å². The van der Waals surface area contributed by atoms with E-state index >= 15 is 0 Å². The molecule has 1 amide bonds. The molecule has 1 aliphatic carbocycles. The van der Waals surface area contributed by atoms with Crippen LogP contribution in [0.1, 0.15) is 41.0 Å². The van der Waals surface area contributed by atoms with E-state index < -0.39 is 0 Å². The van der Waals surface area contributed by atoms with E-state index in [2.05, 4.69) is 25.3 Å². The summed E-state index contributed by atoms with van der Waals surface area (Å²) in [6, 6.07) is 5.28. The van der Waals surface area contributed by atoms with Crippen molar-refractivity contribution in [1.82, 2.24) is 19.9 Å². The van der Waals surface area contributed by atoms with Crippen LogP contribution in [0.25, 0.3) is 0 Å². The van der Waals surface area contributed by atoms with Crippen LogP contribution in [0.4, 0.5) is 5.13 Å². The van der Waals surface area contributed by atoms with E-state index in [0.717, 1.165) is 17.7 Å². The summed E-state index contributed by atoms with van der Waals surface area (Å²) in [5.74, 6) is 0.322. The molecule has 1 saturated carbocycles. The fourth-order valence-corrected chi connectivity index (χ4v) is 4.31. The summed E-state index contributed by atoms with van der Waals surface area (Å²) in [6.45, 7) is 1.94. The molecular formula is C19H19N5O2S2. The number of anilines is 1. The van der Waals surface area contributed by atoms with Gasteiger partial charge in [-0.3, -0.25) is 10.1 Å². The Balaban J connectivity index is 1.59. The summed E-state index contributed by atoms with van der Waals surface area (Å²) >= 11 is 2.72. The van der Waals surface area contributed by atoms with Crippen molar-refractivity contribution in [3.05, 3.63) is 47.4 Å². The number of hydrogen-bond donors (Lipinski definition) is 1. The van der Waals surface area contributed by atoms with E-state index in [0.29, 0.717) is 21.1 Å². The monoisotopic (exact) mass is 413 g/mol. The SMILES string of the molecule is Cc1cnc(NC(=O)c2cc(OC3CCCC3)cc(Sc3ncccn3)n2)s1. The summed E-state index contributed by atoms with van der Waals surface area (Å²) in [5, 5.41) is 4.53. The lowest BCUT2D eigenvalue weighted by atomic mass is 10.3. The topological polar surface area (TPSA) is 89.9 Å². The van der Waals surface area contributed by atoms with Gasteiger partial charge in [-0.15, -0.1) is 11.3 Å². The number of aryl methyl sites for hydroxylation is 1. The van der Waals surface area contributed by atoms with Crippen LogP contribution in [0.2, 0.25) is 0 Å². The third-order valence-corrected chi connectivity index (χ3v) is 5.83. The molecule has 9 heteroatoms. The average molecular weight is 414 g/mol. The Morgan fingerprint density at radius 1 is 1.21 bits per heavy atom. The highest BCUT2D eigenvalue weighted by Crippen LogP contribution is 2.30. The Hall–Kier alpha value is -2.52. The van der Waals surface area contributed by atoms with Crippen molar-refractivity contribution >= 4 is 34.1 Å². The second-order valence-corrected chi connectivity index (χ2v) is 8.64. The first kappa shape index (κ1) is 18.8. The second-order valence-electron chi connectivity index (χ2n) is 6.41. The molecule has 0 spiro atoms. The molecule has 0 radical (unpaired) electrons. The normalized spacial score (nSPS) is 14.2. The molecule has 144 valence electrons. The zero-order chi connectivity index (χ0) is 19.3. The van der Waals surface area contributed by atoms with E-state index in [1.165, 1.54) is 35.9 Å². The molecule has 1 aliphatic rings. The summed E-state index contributed by atoms with van der Waals surface area (Å²) in [4.78, 5) is 30.8. The Morgan fingerprint density at radius 2 is 2.00 bits per heavy atom. The molecule has 3 aromatic rings. The van der Waals surface area contributed by atoms with Gasteiger partial charge in [-0.25, -0.2) is 19.9 Å². The molecular weight excluding hydrogens is 394 g/mol. The van der Waals surface area contributed by atoms with Crippen LogP contribution < -0.4 is 10.1 Å². The van der Waals surface area contributed by atoms with Gasteiger partial charge in [0.1, 0.15) is 16.5 Å². The Kier molecular flexibility index (Phi) is 5.82. The highest BCUT2D eigenvalue weighted by molar-refractivity contribution is 7.99. The maximum Gasteiger partial charge on any atom is 0.276 e. The van der Waals surface area contributed by atoms with Gasteiger partial charge in [0.05, 0.1) is 6.10 Å². The maximum atomic E-state index is 12.7. The van der Waals surface area contributed by atoms with Gasteiger partial charge in [0, 0.05) is 35.6 Å². The van der Waals surface area contributed by atoms with Crippen LogP contribution >= 0.6 is 23.1 Å². The van der Waals surface area contributed by atoms with Gasteiger partial charge in [0.15, 0.2) is 10.3 Å². The van der Waals surface area contributed by atoms with Crippen molar-refractivity contribution in [3.8, 4) is 5.75 Å². The molecule has 7 nitrogen and oxygen atoms in total. The van der Waals surface area contributed by atoms with Gasteiger partial charge >= 0.3 is 0 Å². The first-order valence-corrected chi connectivity index (χ1v) is 10.7. The summed E-state index contributed by atoms with van der Waals surface area (Å²) < 4.78 is 6.11. The van der Waals surface area contributed by atoms with Crippen molar-refractivity contribution in [2.45, 2.75) is 48.9 Å². The molecule has 1 N–H and O–H groups in total. The second kappa shape index (κ2) is 8.66. The standard InChI is InChI=1S/C19H19N5O2S2/c1-12-11-22-19(27-12)24-17(25)15-9-14(26-13-5-2-3-6-13)10-16(23-15)28-18-20-7-4-8-21-18/h4,7-11,13H,2-3,5-6H2,1H3,(H,22,24,25). The highest BCUT2D eigenvalue weighted by atomic mass is 32.2. The molecule has 0 aromatic carbocycles. The van der Waals surface area contributed by atoms with Crippen LogP contribution in [0.5, 0.6) is 5.75 Å². The number of carbonyl (C=O) groups excluding carboxylic acids is 1. The number of hydrogen-bond acceptors (Lipinski definition) is 8. The number of nitrogens with one attached hydrogen (secondary N) is 1. The third kappa shape index (κ3) is 4.85. The van der Waals surface area contributed by atoms with Gasteiger partial charge in [0.2, 0.25) is 0 Å². The smallest absolute Gasteiger partial charge is 0.276 e. The number of pyridine rings is 1. The van der Waals surface area contributed by atoms with Crippen molar-refractivity contribution < 1.29 is 9.53 Å². The molecule has 0 saturated heterocycles. The number of rotatable bonds is 6. The number of aromatic nitrogens is 4. The van der Waals surface area contributed by atoms with Crippen LogP contribution in [0.3, 0.4) is 0 Å². The fourth-order valence-electron chi connectivity index (χ4n) is 2.92. The fraction of sp³-hybridized carbons (Fsp3) is 0.316. The minimum absolute atomic E-state index is 0.186. The minimum Gasteiger partial charge on any atom is -0.490 e. The van der Waals surface area contributed by atoms with Gasteiger partial charge in [-0.1, -0.05) is 0 Å². The number of ether oxygens (including phenoxy) is 1. The van der Waals surface area contributed by atoms with Crippen molar-refractivity contribution in [2.24, 2.45) is 0 Å². The molecule has 3 aromatic heterocycles. The van der Waals surface area contributed by atoms with Crippen LogP contribution in [-0.2, 0) is 0 Å². The lowest BCUT2D eigenvalue weighted by Crippen LogP contribution is -2.16. The van der Waals surface area contributed by atoms with Crippen molar-refractivity contribution in [3.63, 3.8) is 0 Å². The average Bonchev–Trinajstić information content (AvgIpc) is 3.34. The summed E-state index contributed by atoms with van der Waals surface area (Å²) in [6.07, 6.45) is 9.67. The molecule has 4 rings (SSSR count). The Bertz CT molecular complexity index is 958. The summed E-state index contributed by atoms with van der Waals surface area (Å²) in [5.41, 5.74) is 0.279. The van der Waals surface area contributed by atoms with Crippen molar-refractivity contribution in [1.29, 1.82) is 0 Å². The van der Waals surface area contributed by atoms with E-state index in [4.69, 9.17) is 4.74 Å². The molecule has 0 aliphatic heterocycles. The van der Waals surface area contributed by atoms with Gasteiger partial charge in [-0.2, -0.15) is 0 Å². The number of thiazole rings is 1. The van der Waals surface area contributed by atoms with Gasteiger partial charge in [-0.05, 0) is 50.4 Å². The lowest BCUT2D eigenvalue weighted by Gasteiger charge is -2.14. The predicted octanol–water partition coefficient (Wildman–Crippen LogP) is 4.36. The zero-order valence-corrected chi connectivity index (χ0v) is 16.9. The molecule has 0 unspecified atom stereocenters. The van der Waals surface area contributed by atoms with E-state index in [1.54, 1.807) is 30.7 Å². The highest BCUT2D eigenvalue weighted by Gasteiger charge is 2.19. The van der Waals surface area contributed by atoms with Gasteiger partial charge in [0.25, 0.3) is 5.91 Å². The third-order valence-electron chi connectivity index (χ3n) is 4.19. The number of amides is 1. The molecule has 28 heavy (non-hydrogen) atoms. The molecule has 3 heterocycles. The first-order valence-electron chi connectivity index (χ1n) is 9.03.